The molecule has 9 aromatic rings. The van der Waals surface area contributed by atoms with Crippen LogP contribution in [0.5, 0.6) is 23.0 Å². The van der Waals surface area contributed by atoms with E-state index in [9.17, 15) is 0 Å². The fourth-order valence-corrected chi connectivity index (χ4v) is 8.63. The SMILES string of the molecule is CC1(C)c2ccccc2-c2c1ccc1c2Oc2ccc(-c3ccccc3-c3cc(-c4c#ccc(-c5ccccc5)c4)nc(-c4cccc(-c5ccccc5)c4)n3)cc2O1. The van der Waals surface area contributed by atoms with Crippen molar-refractivity contribution in [1.82, 2.24) is 9.97 Å². The van der Waals surface area contributed by atoms with Gasteiger partial charge in [-0.2, -0.15) is 0 Å². The van der Waals surface area contributed by atoms with Gasteiger partial charge in [0.05, 0.1) is 17.0 Å². The molecule has 0 spiro atoms. The van der Waals surface area contributed by atoms with Gasteiger partial charge in [0.25, 0.3) is 0 Å². The molecule has 8 aromatic carbocycles. The van der Waals surface area contributed by atoms with Gasteiger partial charge in [0.15, 0.2) is 28.8 Å². The number of aromatic nitrogens is 2. The minimum absolute atomic E-state index is 0.134. The third-order valence-corrected chi connectivity index (χ3v) is 11.6. The van der Waals surface area contributed by atoms with Crippen LogP contribution in [0.4, 0.5) is 0 Å². The summed E-state index contributed by atoms with van der Waals surface area (Å²) in [6.45, 7) is 4.55. The van der Waals surface area contributed by atoms with E-state index in [0.717, 1.165) is 72.8 Å². The molecule has 0 bridgehead atoms. The van der Waals surface area contributed by atoms with Gasteiger partial charge in [-0.25, -0.2) is 9.97 Å². The lowest BCUT2D eigenvalue weighted by Gasteiger charge is -2.25. The Hall–Kier alpha value is -7.74. The second-order valence-electron chi connectivity index (χ2n) is 15.6. The van der Waals surface area contributed by atoms with Crippen LogP contribution in [0.25, 0.3) is 78.4 Å². The fourth-order valence-electron chi connectivity index (χ4n) is 8.63. The number of nitrogens with zero attached hydrogens (tertiary/aromatic N) is 2. The van der Waals surface area contributed by atoms with Crippen molar-refractivity contribution in [3.8, 4) is 101 Å². The summed E-state index contributed by atoms with van der Waals surface area (Å²) in [6.07, 6.45) is 0. The highest BCUT2D eigenvalue weighted by molar-refractivity contribution is 5.89. The van der Waals surface area contributed by atoms with E-state index in [4.69, 9.17) is 19.4 Å². The molecule has 4 heteroatoms. The Morgan fingerprint density at radius 2 is 1.10 bits per heavy atom. The van der Waals surface area contributed by atoms with Gasteiger partial charge in [-0.3, -0.25) is 0 Å². The topological polar surface area (TPSA) is 44.2 Å². The summed E-state index contributed by atoms with van der Waals surface area (Å²) >= 11 is 0. The van der Waals surface area contributed by atoms with Crippen molar-refractivity contribution in [3.05, 3.63) is 205 Å². The van der Waals surface area contributed by atoms with Crippen molar-refractivity contribution in [1.29, 1.82) is 0 Å². The minimum Gasteiger partial charge on any atom is -0.449 e. The smallest absolute Gasteiger partial charge is 0.178 e. The van der Waals surface area contributed by atoms with Crippen LogP contribution in [0.2, 0.25) is 0 Å². The Kier molecular flexibility index (Phi) is 8.03. The van der Waals surface area contributed by atoms with Crippen molar-refractivity contribution < 1.29 is 9.47 Å². The average Bonchev–Trinajstić information content (AvgIpc) is 3.54. The summed E-state index contributed by atoms with van der Waals surface area (Å²) in [6, 6.07) is 69.3. The first-order chi connectivity index (χ1) is 29.0. The first-order valence-electron chi connectivity index (χ1n) is 19.9. The predicted molar refractivity (Wildman–Crippen MR) is 236 cm³/mol. The molecule has 11 rings (SSSR count). The summed E-state index contributed by atoms with van der Waals surface area (Å²) in [5.74, 6) is 3.45. The normalized spacial score (nSPS) is 12.8. The number of fused-ring (bicyclic) bond motifs is 6. The van der Waals surface area contributed by atoms with E-state index in [0.29, 0.717) is 23.1 Å². The second kappa shape index (κ2) is 13.7. The second-order valence-corrected chi connectivity index (χ2v) is 15.6. The van der Waals surface area contributed by atoms with Crippen LogP contribution >= 0.6 is 0 Å². The number of ether oxygens (including phenoxy) is 2. The molecule has 4 nitrogen and oxygen atoms in total. The Labute approximate surface area is 344 Å². The lowest BCUT2D eigenvalue weighted by Crippen LogP contribution is -2.15. The molecule has 1 aromatic heterocycles. The standard InChI is InChI=1S/C55H36N2O2/c1-55(2)45-26-12-11-25-44(45)52-46(55)28-30-50-53(52)59-49-29-27-39(33-51(49)58-50)42-23-9-10-24-43(42)48-34-47(40-21-13-19-37(31-40)35-15-5-3-6-16-35)56-54(57-48)41-22-14-20-38(32-41)36-17-7-4-8-18-36/h3-12,14-20,22-34H,1-2H3. The summed E-state index contributed by atoms with van der Waals surface area (Å²) in [5.41, 5.74) is 15.4. The molecule has 0 unspecified atom stereocenters. The van der Waals surface area contributed by atoms with Crippen LogP contribution in [0.15, 0.2) is 182 Å². The van der Waals surface area contributed by atoms with E-state index >= 15 is 0 Å². The molecular weight excluding hydrogens is 721 g/mol. The first-order valence-corrected chi connectivity index (χ1v) is 19.9. The maximum atomic E-state index is 6.74. The Morgan fingerprint density at radius 3 is 1.92 bits per heavy atom. The number of benzene rings is 7. The average molecular weight is 757 g/mol. The summed E-state index contributed by atoms with van der Waals surface area (Å²) in [4.78, 5) is 10.5. The van der Waals surface area contributed by atoms with Crippen LogP contribution in [0.3, 0.4) is 0 Å². The quantitative estimate of drug-likeness (QED) is 0.169. The van der Waals surface area contributed by atoms with Gasteiger partial charge in [-0.05, 0) is 92.5 Å². The molecule has 0 atom stereocenters. The van der Waals surface area contributed by atoms with Crippen molar-refractivity contribution in [2.75, 3.05) is 0 Å². The van der Waals surface area contributed by atoms with Crippen LogP contribution in [-0.2, 0) is 5.41 Å². The maximum Gasteiger partial charge on any atom is 0.178 e. The van der Waals surface area contributed by atoms with Crippen molar-refractivity contribution in [2.45, 2.75) is 19.3 Å². The lowest BCUT2D eigenvalue weighted by molar-refractivity contribution is 0.360. The molecule has 0 fully saturated rings. The van der Waals surface area contributed by atoms with Crippen molar-refractivity contribution in [3.63, 3.8) is 0 Å². The molecule has 59 heavy (non-hydrogen) atoms. The number of hydrogen-bond donors (Lipinski definition) is 0. The zero-order valence-electron chi connectivity index (χ0n) is 32.5. The molecule has 1 aliphatic heterocycles. The molecule has 0 radical (unpaired) electrons. The first kappa shape index (κ1) is 34.5. The lowest BCUT2D eigenvalue weighted by atomic mass is 9.82. The molecule has 0 amide bonds. The summed E-state index contributed by atoms with van der Waals surface area (Å²) < 4.78 is 13.4. The Bertz CT molecular complexity index is 2980. The van der Waals surface area contributed by atoms with Gasteiger partial charge in [0, 0.05) is 22.1 Å². The third kappa shape index (κ3) is 5.95. The van der Waals surface area contributed by atoms with E-state index in [1.807, 2.05) is 42.5 Å². The van der Waals surface area contributed by atoms with E-state index in [-0.39, 0.29) is 5.41 Å². The molecule has 278 valence electrons. The van der Waals surface area contributed by atoms with Crippen molar-refractivity contribution >= 4 is 0 Å². The Balaban J connectivity index is 1.02. The largest absolute Gasteiger partial charge is 0.449 e. The van der Waals surface area contributed by atoms with Crippen LogP contribution in [0, 0.1) is 12.1 Å². The van der Waals surface area contributed by atoms with E-state index in [1.54, 1.807) is 0 Å². The zero-order chi connectivity index (χ0) is 39.5. The van der Waals surface area contributed by atoms with E-state index in [1.165, 1.54) is 16.7 Å². The molecule has 2 heterocycles. The van der Waals surface area contributed by atoms with E-state index < -0.39 is 0 Å². The molecule has 0 N–H and O–H groups in total. The molecule has 0 saturated carbocycles. The number of hydrogen-bond acceptors (Lipinski definition) is 4. The maximum absolute atomic E-state index is 6.74. The third-order valence-electron chi connectivity index (χ3n) is 11.6. The Morgan fingerprint density at radius 1 is 0.441 bits per heavy atom. The molecule has 0 saturated heterocycles. The molecule has 1 aliphatic carbocycles. The van der Waals surface area contributed by atoms with Gasteiger partial charge in [0.1, 0.15) is 0 Å². The fraction of sp³-hybridized carbons (Fsp3) is 0.0545. The summed E-state index contributed by atoms with van der Waals surface area (Å²) in [5, 5.41) is 0. The van der Waals surface area contributed by atoms with E-state index in [2.05, 4.69) is 166 Å². The predicted octanol–water partition coefficient (Wildman–Crippen LogP) is 14.3. The molecular formula is C55H36N2O2. The van der Waals surface area contributed by atoms with Crippen LogP contribution in [-0.4, -0.2) is 9.97 Å². The van der Waals surface area contributed by atoms with Crippen LogP contribution in [0.1, 0.15) is 25.0 Å². The van der Waals surface area contributed by atoms with Crippen LogP contribution < -0.4 is 9.47 Å². The highest BCUT2D eigenvalue weighted by Crippen LogP contribution is 2.58. The minimum atomic E-state index is -0.134. The summed E-state index contributed by atoms with van der Waals surface area (Å²) in [7, 11) is 0. The molecule has 2 aliphatic rings. The van der Waals surface area contributed by atoms with Gasteiger partial charge in [-0.1, -0.05) is 166 Å². The number of rotatable bonds is 6. The van der Waals surface area contributed by atoms with Gasteiger partial charge >= 0.3 is 0 Å². The highest BCUT2D eigenvalue weighted by Gasteiger charge is 2.39. The van der Waals surface area contributed by atoms with Gasteiger partial charge in [0.2, 0.25) is 0 Å². The van der Waals surface area contributed by atoms with Gasteiger partial charge in [-0.15, -0.1) is 0 Å². The monoisotopic (exact) mass is 756 g/mol. The van der Waals surface area contributed by atoms with Gasteiger partial charge < -0.3 is 9.47 Å². The van der Waals surface area contributed by atoms with Crippen molar-refractivity contribution in [2.24, 2.45) is 0 Å². The zero-order valence-corrected chi connectivity index (χ0v) is 32.5. The highest BCUT2D eigenvalue weighted by atomic mass is 16.6.